The van der Waals surface area contributed by atoms with Crippen molar-refractivity contribution in [3.05, 3.63) is 11.6 Å². The number of aliphatic hydroxyl groups is 6. The first kappa shape index (κ1) is 29.4. The molecule has 12 nitrogen and oxygen atoms in total. The maximum atomic E-state index is 12.4. The largest absolute Gasteiger partial charge is 0.458 e. The van der Waals surface area contributed by atoms with E-state index < -0.39 is 76.8 Å². The van der Waals surface area contributed by atoms with Crippen LogP contribution in [0, 0.1) is 28.6 Å². The van der Waals surface area contributed by atoms with Gasteiger partial charge in [0.1, 0.15) is 24.9 Å². The number of carbonyl (C=O) groups excluding carboxylic acids is 1. The third kappa shape index (κ3) is 4.09. The van der Waals surface area contributed by atoms with E-state index in [9.17, 15) is 40.6 Å². The fourth-order valence-corrected chi connectivity index (χ4v) is 9.94. The zero-order chi connectivity index (χ0) is 29.5. The first-order chi connectivity index (χ1) is 19.3. The highest BCUT2D eigenvalue weighted by Crippen LogP contribution is 2.70. The van der Waals surface area contributed by atoms with E-state index in [4.69, 9.17) is 14.2 Å². The maximum Gasteiger partial charge on any atom is 0.331 e. The number of oxime groups is 1. The summed E-state index contributed by atoms with van der Waals surface area (Å²) in [7, 11) is 0. The summed E-state index contributed by atoms with van der Waals surface area (Å²) < 4.78 is 16.8. The molecule has 4 aliphatic carbocycles. The molecule has 0 bridgehead atoms. The number of ether oxygens (including phenoxy) is 3. The van der Waals surface area contributed by atoms with E-state index in [1.165, 1.54) is 12.3 Å². The molecule has 1 saturated heterocycles. The third-order valence-corrected chi connectivity index (χ3v) is 12.0. The van der Waals surface area contributed by atoms with Gasteiger partial charge in [0.2, 0.25) is 0 Å². The maximum absolute atomic E-state index is 12.4. The van der Waals surface area contributed by atoms with Crippen molar-refractivity contribution in [3.8, 4) is 0 Å². The molecule has 0 amide bonds. The first-order valence-electron chi connectivity index (χ1n) is 14.8. The smallest absolute Gasteiger partial charge is 0.331 e. The summed E-state index contributed by atoms with van der Waals surface area (Å²) in [6.45, 7) is 3.74. The molecule has 14 atom stereocenters. The Kier molecular flexibility index (Phi) is 7.14. The van der Waals surface area contributed by atoms with Crippen LogP contribution in [0.3, 0.4) is 0 Å². The second-order valence-corrected chi connectivity index (χ2v) is 13.7. The van der Waals surface area contributed by atoms with Crippen molar-refractivity contribution in [1.82, 2.24) is 0 Å². The first-order valence-corrected chi connectivity index (χ1v) is 14.8. The number of aliphatic hydroxyl groups excluding tert-OH is 4. The molecule has 0 radical (unpaired) electrons. The SMILES string of the molecule is CC1OC(OC2CC[C@]3(C=NO)[C@@H]4C(CCC3(O)C2)C2(O)CC[C@@H](C3=CC(=O)OC3)[C@@]2(C)C[C@H]4O)C(O)C(O)[C@H]1O. The molecule has 0 aromatic rings. The third-order valence-electron chi connectivity index (χ3n) is 12.0. The molecule has 2 aliphatic heterocycles. The van der Waals surface area contributed by atoms with Gasteiger partial charge in [0.25, 0.3) is 0 Å². The van der Waals surface area contributed by atoms with E-state index in [0.717, 1.165) is 5.57 Å². The molecule has 6 aliphatic rings. The summed E-state index contributed by atoms with van der Waals surface area (Å²) in [4.78, 5) is 11.8. The lowest BCUT2D eigenvalue weighted by Gasteiger charge is -2.67. The quantitative estimate of drug-likeness (QED) is 0.0774. The number of hydrogen-bond donors (Lipinski definition) is 7. The highest BCUT2D eigenvalue weighted by atomic mass is 16.7. The van der Waals surface area contributed by atoms with Gasteiger partial charge in [0.05, 0.1) is 35.7 Å². The molecular formula is C29H43NO11. The number of esters is 1. The summed E-state index contributed by atoms with van der Waals surface area (Å²) in [6, 6.07) is 0. The van der Waals surface area contributed by atoms with Crippen molar-refractivity contribution in [2.24, 2.45) is 33.7 Å². The molecule has 5 fully saturated rings. The standard InChI is InChI=1S/C29H43NO11/c1-14-22(33)23(34)24(35)25(40-14)41-16-3-6-27(13-30-38)21-18(4-7-28(27,36)10-16)29(37)8-5-17(15-9-20(32)39-12-15)26(29,2)11-19(21)31/h9,13-14,16-19,21-25,31,33-38H,3-8,10-12H2,1-2H3/t14?,16?,17-,18?,19+,21+,22-,23?,24?,25?,26+,27-,28?,29?/m0/s1. The predicted molar refractivity (Wildman–Crippen MR) is 140 cm³/mol. The van der Waals surface area contributed by atoms with Gasteiger partial charge in [-0.05, 0) is 69.3 Å². The molecule has 8 unspecified atom stereocenters. The van der Waals surface area contributed by atoms with Gasteiger partial charge in [-0.2, -0.15) is 0 Å². The predicted octanol–water partition coefficient (Wildman–Crippen LogP) is -0.0181. The Morgan fingerprint density at radius 3 is 2.46 bits per heavy atom. The number of fused-ring (bicyclic) bond motifs is 5. The molecule has 0 aromatic carbocycles. The van der Waals surface area contributed by atoms with Gasteiger partial charge in [0, 0.05) is 29.2 Å². The molecule has 230 valence electrons. The molecular weight excluding hydrogens is 538 g/mol. The summed E-state index contributed by atoms with van der Waals surface area (Å²) in [5.41, 5.74) is -3.65. The monoisotopic (exact) mass is 581 g/mol. The summed E-state index contributed by atoms with van der Waals surface area (Å²) >= 11 is 0. The van der Waals surface area contributed by atoms with Gasteiger partial charge < -0.3 is 50.1 Å². The fourth-order valence-electron chi connectivity index (χ4n) is 9.94. The number of nitrogens with zero attached hydrogens (tertiary/aromatic N) is 1. The Bertz CT molecular complexity index is 1120. The zero-order valence-corrected chi connectivity index (χ0v) is 23.5. The minimum atomic E-state index is -1.48. The van der Waals surface area contributed by atoms with Gasteiger partial charge >= 0.3 is 5.97 Å². The van der Waals surface area contributed by atoms with Gasteiger partial charge in [0.15, 0.2) is 6.29 Å². The number of rotatable bonds is 4. The Hall–Kier alpha value is -1.64. The molecule has 41 heavy (non-hydrogen) atoms. The molecule has 0 aromatic heterocycles. The lowest BCUT2D eigenvalue weighted by molar-refractivity contribution is -0.318. The second kappa shape index (κ2) is 9.95. The van der Waals surface area contributed by atoms with Gasteiger partial charge in [-0.3, -0.25) is 0 Å². The van der Waals surface area contributed by atoms with Crippen LogP contribution in [-0.4, -0.2) is 109 Å². The van der Waals surface area contributed by atoms with Crippen LogP contribution in [0.5, 0.6) is 0 Å². The minimum absolute atomic E-state index is 0.0965. The number of cyclic esters (lactones) is 1. The molecule has 2 heterocycles. The van der Waals surface area contributed by atoms with Crippen LogP contribution < -0.4 is 0 Å². The number of carbonyl (C=O) groups is 1. The Morgan fingerprint density at radius 1 is 1.02 bits per heavy atom. The molecule has 4 saturated carbocycles. The van der Waals surface area contributed by atoms with Gasteiger partial charge in [-0.15, -0.1) is 5.16 Å². The van der Waals surface area contributed by atoms with Crippen molar-refractivity contribution in [2.45, 2.75) is 119 Å². The van der Waals surface area contributed by atoms with Crippen molar-refractivity contribution >= 4 is 12.2 Å². The van der Waals surface area contributed by atoms with E-state index >= 15 is 0 Å². The van der Waals surface area contributed by atoms with Crippen molar-refractivity contribution in [3.63, 3.8) is 0 Å². The summed E-state index contributed by atoms with van der Waals surface area (Å²) in [6.07, 6.45) is -2.02. The van der Waals surface area contributed by atoms with Crippen LogP contribution in [-0.2, 0) is 19.0 Å². The minimum Gasteiger partial charge on any atom is -0.458 e. The van der Waals surface area contributed by atoms with E-state index in [1.807, 2.05) is 6.92 Å². The Labute approximate surface area is 238 Å². The molecule has 12 heteroatoms. The second-order valence-electron chi connectivity index (χ2n) is 13.7. The fraction of sp³-hybridized carbons (Fsp3) is 0.862. The Balaban J connectivity index is 1.28. The molecule has 0 spiro atoms. The van der Waals surface area contributed by atoms with E-state index in [-0.39, 0.29) is 44.2 Å². The summed E-state index contributed by atoms with van der Waals surface area (Å²) in [5, 5.41) is 80.4. The van der Waals surface area contributed by atoms with Crippen molar-refractivity contribution < 1.29 is 54.9 Å². The van der Waals surface area contributed by atoms with Crippen LogP contribution in [0.4, 0.5) is 0 Å². The lowest BCUT2D eigenvalue weighted by atomic mass is 9.41. The number of hydrogen-bond acceptors (Lipinski definition) is 12. The average molecular weight is 582 g/mol. The van der Waals surface area contributed by atoms with Crippen LogP contribution in [0.25, 0.3) is 0 Å². The van der Waals surface area contributed by atoms with Gasteiger partial charge in [-0.1, -0.05) is 6.92 Å². The van der Waals surface area contributed by atoms with E-state index in [0.29, 0.717) is 25.7 Å². The average Bonchev–Trinajstić information content (AvgIpc) is 3.46. The topological polar surface area (TPSA) is 199 Å². The zero-order valence-electron chi connectivity index (χ0n) is 23.5. The lowest BCUT2D eigenvalue weighted by Crippen LogP contribution is -2.72. The van der Waals surface area contributed by atoms with Crippen molar-refractivity contribution in [1.29, 1.82) is 0 Å². The molecule has 6 rings (SSSR count). The van der Waals surface area contributed by atoms with Gasteiger partial charge in [-0.25, -0.2) is 4.79 Å². The Morgan fingerprint density at radius 2 is 1.78 bits per heavy atom. The van der Waals surface area contributed by atoms with Crippen LogP contribution in [0.15, 0.2) is 16.8 Å². The van der Waals surface area contributed by atoms with Crippen LogP contribution >= 0.6 is 0 Å². The van der Waals surface area contributed by atoms with E-state index in [1.54, 1.807) is 6.92 Å². The van der Waals surface area contributed by atoms with Crippen molar-refractivity contribution in [2.75, 3.05) is 6.61 Å². The highest BCUT2D eigenvalue weighted by Gasteiger charge is 2.73. The summed E-state index contributed by atoms with van der Waals surface area (Å²) in [5.74, 6) is -1.50. The normalized spacial score (nSPS) is 55.2. The van der Waals surface area contributed by atoms with Crippen LogP contribution in [0.2, 0.25) is 0 Å². The van der Waals surface area contributed by atoms with E-state index in [2.05, 4.69) is 5.16 Å². The van der Waals surface area contributed by atoms with Crippen LogP contribution in [0.1, 0.15) is 65.2 Å². The highest BCUT2D eigenvalue weighted by molar-refractivity contribution is 5.85. The molecule has 7 N–H and O–H groups in total.